The van der Waals surface area contributed by atoms with Gasteiger partial charge in [-0.05, 0) is 57.9 Å². The third-order valence-electron chi connectivity index (χ3n) is 3.23. The number of hydrogen-bond acceptors (Lipinski definition) is 3. The van der Waals surface area contributed by atoms with Gasteiger partial charge in [0.25, 0.3) is 0 Å². The molecule has 0 aliphatic carbocycles. The molecule has 1 saturated heterocycles. The standard InChI is InChI=1S/C16H23NO2/c1-16(2,3)19-15(18)13-8-6-7-12(11-13)14-9-4-5-10-17-14/h6-8,11,14,17H,4-5,9-10H2,1-3H3. The van der Waals surface area contributed by atoms with Gasteiger partial charge in [-0.3, -0.25) is 0 Å². The summed E-state index contributed by atoms with van der Waals surface area (Å²) in [6.45, 7) is 6.72. The average molecular weight is 261 g/mol. The maximum Gasteiger partial charge on any atom is 0.338 e. The summed E-state index contributed by atoms with van der Waals surface area (Å²) >= 11 is 0. The van der Waals surface area contributed by atoms with E-state index < -0.39 is 5.60 Å². The van der Waals surface area contributed by atoms with Crippen molar-refractivity contribution < 1.29 is 9.53 Å². The van der Waals surface area contributed by atoms with Crippen molar-refractivity contribution in [3.63, 3.8) is 0 Å². The summed E-state index contributed by atoms with van der Waals surface area (Å²) in [7, 11) is 0. The molecular formula is C16H23NO2. The molecule has 1 N–H and O–H groups in total. The van der Waals surface area contributed by atoms with E-state index in [2.05, 4.69) is 11.4 Å². The van der Waals surface area contributed by atoms with Crippen LogP contribution < -0.4 is 5.32 Å². The van der Waals surface area contributed by atoms with Crippen molar-refractivity contribution in [3.05, 3.63) is 35.4 Å². The highest BCUT2D eigenvalue weighted by molar-refractivity contribution is 5.89. The van der Waals surface area contributed by atoms with Crippen LogP contribution in [0.4, 0.5) is 0 Å². The van der Waals surface area contributed by atoms with E-state index in [9.17, 15) is 4.79 Å². The second kappa shape index (κ2) is 5.74. The Morgan fingerprint density at radius 1 is 1.32 bits per heavy atom. The number of carbonyl (C=O) groups is 1. The van der Waals surface area contributed by atoms with Gasteiger partial charge in [-0.1, -0.05) is 18.6 Å². The summed E-state index contributed by atoms with van der Waals surface area (Å²) in [5.41, 5.74) is 1.37. The van der Waals surface area contributed by atoms with Crippen molar-refractivity contribution in [2.24, 2.45) is 0 Å². The van der Waals surface area contributed by atoms with Crippen molar-refractivity contribution in [1.82, 2.24) is 5.32 Å². The maximum absolute atomic E-state index is 12.1. The van der Waals surface area contributed by atoms with Crippen molar-refractivity contribution in [2.75, 3.05) is 6.54 Å². The van der Waals surface area contributed by atoms with Gasteiger partial charge in [-0.25, -0.2) is 4.79 Å². The fourth-order valence-electron chi connectivity index (χ4n) is 2.36. The van der Waals surface area contributed by atoms with Crippen LogP contribution in [-0.2, 0) is 4.74 Å². The normalized spacial score (nSPS) is 20.1. The Labute approximate surface area is 115 Å². The molecule has 0 amide bonds. The first-order chi connectivity index (χ1) is 8.96. The minimum absolute atomic E-state index is 0.245. The summed E-state index contributed by atoms with van der Waals surface area (Å²) in [6, 6.07) is 8.16. The second-order valence-electron chi connectivity index (χ2n) is 6.13. The Hall–Kier alpha value is -1.35. The molecule has 1 aliphatic heterocycles. The minimum atomic E-state index is -0.448. The lowest BCUT2D eigenvalue weighted by Gasteiger charge is -2.24. The summed E-state index contributed by atoms with van der Waals surface area (Å²) in [5, 5.41) is 3.50. The third kappa shape index (κ3) is 4.06. The number of piperidine rings is 1. The predicted octanol–water partition coefficient (Wildman–Crippen LogP) is 3.46. The predicted molar refractivity (Wildman–Crippen MR) is 76.2 cm³/mol. The maximum atomic E-state index is 12.1. The van der Waals surface area contributed by atoms with E-state index in [4.69, 9.17) is 4.74 Å². The highest BCUT2D eigenvalue weighted by Gasteiger charge is 2.20. The summed E-state index contributed by atoms with van der Waals surface area (Å²) in [6.07, 6.45) is 3.62. The van der Waals surface area contributed by atoms with E-state index in [1.165, 1.54) is 18.4 Å². The quantitative estimate of drug-likeness (QED) is 0.829. The van der Waals surface area contributed by atoms with Gasteiger partial charge in [-0.15, -0.1) is 0 Å². The zero-order valence-corrected chi connectivity index (χ0v) is 12.0. The first kappa shape index (κ1) is 14.1. The van der Waals surface area contributed by atoms with Crippen LogP contribution in [0.2, 0.25) is 0 Å². The molecule has 2 rings (SSSR count). The Kier molecular flexibility index (Phi) is 4.25. The van der Waals surface area contributed by atoms with Gasteiger partial charge < -0.3 is 10.1 Å². The molecule has 1 aromatic rings. The Morgan fingerprint density at radius 2 is 2.11 bits per heavy atom. The number of hydrogen-bond donors (Lipinski definition) is 1. The first-order valence-electron chi connectivity index (χ1n) is 7.02. The van der Waals surface area contributed by atoms with Crippen molar-refractivity contribution in [1.29, 1.82) is 0 Å². The van der Waals surface area contributed by atoms with E-state index in [-0.39, 0.29) is 5.97 Å². The molecule has 1 unspecified atom stereocenters. The lowest BCUT2D eigenvalue weighted by atomic mass is 9.96. The van der Waals surface area contributed by atoms with Crippen LogP contribution in [0.15, 0.2) is 24.3 Å². The molecule has 1 fully saturated rings. The van der Waals surface area contributed by atoms with Gasteiger partial charge in [0.2, 0.25) is 0 Å². The van der Waals surface area contributed by atoms with E-state index in [0.717, 1.165) is 13.0 Å². The van der Waals surface area contributed by atoms with Crippen LogP contribution in [0.1, 0.15) is 62.0 Å². The number of carbonyl (C=O) groups excluding carboxylic acids is 1. The van der Waals surface area contributed by atoms with Gasteiger partial charge >= 0.3 is 5.97 Å². The fraction of sp³-hybridized carbons (Fsp3) is 0.562. The summed E-state index contributed by atoms with van der Waals surface area (Å²) in [5.74, 6) is -0.245. The van der Waals surface area contributed by atoms with Crippen molar-refractivity contribution in [2.45, 2.75) is 51.7 Å². The molecule has 0 saturated carbocycles. The van der Waals surface area contributed by atoms with Crippen LogP contribution in [-0.4, -0.2) is 18.1 Å². The van der Waals surface area contributed by atoms with Crippen LogP contribution in [0.25, 0.3) is 0 Å². The number of nitrogens with one attached hydrogen (secondary N) is 1. The van der Waals surface area contributed by atoms with Crippen LogP contribution >= 0.6 is 0 Å². The summed E-state index contributed by atoms with van der Waals surface area (Å²) in [4.78, 5) is 12.1. The van der Waals surface area contributed by atoms with Crippen LogP contribution in [0, 0.1) is 0 Å². The lowest BCUT2D eigenvalue weighted by Crippen LogP contribution is -2.27. The zero-order chi connectivity index (χ0) is 13.9. The van der Waals surface area contributed by atoms with Gasteiger partial charge in [-0.2, -0.15) is 0 Å². The number of ether oxygens (including phenoxy) is 1. The molecule has 3 heteroatoms. The van der Waals surface area contributed by atoms with E-state index >= 15 is 0 Å². The Morgan fingerprint density at radius 3 is 2.74 bits per heavy atom. The van der Waals surface area contributed by atoms with Crippen molar-refractivity contribution in [3.8, 4) is 0 Å². The van der Waals surface area contributed by atoms with Crippen molar-refractivity contribution >= 4 is 5.97 Å². The monoisotopic (exact) mass is 261 g/mol. The molecule has 1 aromatic carbocycles. The van der Waals surface area contributed by atoms with E-state index in [1.54, 1.807) is 0 Å². The molecule has 3 nitrogen and oxygen atoms in total. The lowest BCUT2D eigenvalue weighted by molar-refractivity contribution is 0.00694. The van der Waals surface area contributed by atoms with Crippen LogP contribution in [0.3, 0.4) is 0 Å². The highest BCUT2D eigenvalue weighted by Crippen LogP contribution is 2.24. The molecule has 0 aromatic heterocycles. The molecule has 0 bridgehead atoms. The molecule has 0 spiro atoms. The van der Waals surface area contributed by atoms with Gasteiger partial charge in [0.15, 0.2) is 0 Å². The SMILES string of the molecule is CC(C)(C)OC(=O)c1cccc(C2CCCCN2)c1. The molecule has 0 radical (unpaired) electrons. The molecular weight excluding hydrogens is 238 g/mol. The molecule has 1 aliphatic rings. The number of rotatable bonds is 2. The Bertz CT molecular complexity index is 442. The first-order valence-corrected chi connectivity index (χ1v) is 7.02. The van der Waals surface area contributed by atoms with E-state index in [1.807, 2.05) is 39.0 Å². The highest BCUT2D eigenvalue weighted by atomic mass is 16.6. The average Bonchev–Trinajstić information content (AvgIpc) is 2.38. The number of esters is 1. The van der Waals surface area contributed by atoms with Crippen LogP contribution in [0.5, 0.6) is 0 Å². The fourth-order valence-corrected chi connectivity index (χ4v) is 2.36. The molecule has 1 heterocycles. The molecule has 1 atom stereocenters. The molecule has 104 valence electrons. The smallest absolute Gasteiger partial charge is 0.338 e. The number of benzene rings is 1. The van der Waals surface area contributed by atoms with Gasteiger partial charge in [0.1, 0.15) is 5.60 Å². The minimum Gasteiger partial charge on any atom is -0.456 e. The van der Waals surface area contributed by atoms with Gasteiger partial charge in [0.05, 0.1) is 5.56 Å². The molecule has 19 heavy (non-hydrogen) atoms. The van der Waals surface area contributed by atoms with Gasteiger partial charge in [0, 0.05) is 6.04 Å². The Balaban J connectivity index is 2.12. The topological polar surface area (TPSA) is 38.3 Å². The summed E-state index contributed by atoms with van der Waals surface area (Å²) < 4.78 is 5.41. The second-order valence-corrected chi connectivity index (χ2v) is 6.13. The van der Waals surface area contributed by atoms with E-state index in [0.29, 0.717) is 11.6 Å². The third-order valence-corrected chi connectivity index (χ3v) is 3.23. The zero-order valence-electron chi connectivity index (χ0n) is 12.0. The largest absolute Gasteiger partial charge is 0.456 e.